The minimum absolute atomic E-state index is 0.118. The quantitative estimate of drug-likeness (QED) is 0.496. The summed E-state index contributed by atoms with van der Waals surface area (Å²) in [6.07, 6.45) is 15.4. The lowest BCUT2D eigenvalue weighted by Gasteiger charge is -2.46. The molecule has 0 unspecified atom stereocenters. The van der Waals surface area contributed by atoms with Crippen molar-refractivity contribution in [2.75, 3.05) is 13.7 Å². The van der Waals surface area contributed by atoms with Crippen molar-refractivity contribution in [1.29, 1.82) is 0 Å². The van der Waals surface area contributed by atoms with Gasteiger partial charge in [-0.1, -0.05) is 49.9 Å². The maximum Gasteiger partial charge on any atom is 0.122 e. The van der Waals surface area contributed by atoms with Gasteiger partial charge in [0.1, 0.15) is 5.75 Å². The summed E-state index contributed by atoms with van der Waals surface area (Å²) in [6.45, 7) is 0.887. The number of hydrogen-bond acceptors (Lipinski definition) is 3. The molecule has 29 heavy (non-hydrogen) atoms. The highest BCUT2D eigenvalue weighted by molar-refractivity contribution is 5.33. The standard InChI is InChI=1S/C26H35NO2/c1-28-23-13-5-4-12-22(23)11-3-2-7-15-25(24-14-6-10-19-27-24)18-20-29-26(21-25)16-8-9-17-26/h4-6,10,12-14,19H,2-3,7-9,11,15-18,20-21H2,1H3/t25-/m1/s1. The Morgan fingerprint density at radius 1 is 0.966 bits per heavy atom. The molecule has 1 spiro atoms. The van der Waals surface area contributed by atoms with Crippen LogP contribution < -0.4 is 4.74 Å². The largest absolute Gasteiger partial charge is 0.496 e. The molecule has 1 aliphatic heterocycles. The molecule has 0 radical (unpaired) electrons. The summed E-state index contributed by atoms with van der Waals surface area (Å²) in [6, 6.07) is 14.9. The fourth-order valence-electron chi connectivity index (χ4n) is 5.66. The topological polar surface area (TPSA) is 31.4 Å². The predicted octanol–water partition coefficient (Wildman–Crippen LogP) is 6.25. The normalized spacial score (nSPS) is 23.3. The van der Waals surface area contributed by atoms with Crippen LogP contribution in [0.25, 0.3) is 0 Å². The number of benzene rings is 1. The number of ether oxygens (including phenoxy) is 2. The zero-order valence-electron chi connectivity index (χ0n) is 17.9. The summed E-state index contributed by atoms with van der Waals surface area (Å²) in [7, 11) is 1.76. The maximum atomic E-state index is 6.37. The van der Waals surface area contributed by atoms with Crippen LogP contribution in [0.15, 0.2) is 48.7 Å². The van der Waals surface area contributed by atoms with Crippen LogP contribution in [0.3, 0.4) is 0 Å². The molecular weight excluding hydrogens is 358 g/mol. The first kappa shape index (κ1) is 20.4. The van der Waals surface area contributed by atoms with Gasteiger partial charge < -0.3 is 9.47 Å². The van der Waals surface area contributed by atoms with Crippen molar-refractivity contribution in [1.82, 2.24) is 4.98 Å². The SMILES string of the molecule is COc1ccccc1CCCCC[C@@]1(c2ccccn2)CCOC2(CCCC2)C1. The van der Waals surface area contributed by atoms with Gasteiger partial charge in [0.25, 0.3) is 0 Å². The van der Waals surface area contributed by atoms with Gasteiger partial charge in [-0.05, 0) is 68.7 Å². The van der Waals surface area contributed by atoms with Crippen LogP contribution >= 0.6 is 0 Å². The summed E-state index contributed by atoms with van der Waals surface area (Å²) < 4.78 is 11.9. The average molecular weight is 394 g/mol. The third-order valence-electron chi connectivity index (χ3n) is 7.17. The van der Waals surface area contributed by atoms with E-state index < -0.39 is 0 Å². The summed E-state index contributed by atoms with van der Waals surface area (Å²) >= 11 is 0. The minimum atomic E-state index is 0.118. The molecule has 1 aromatic carbocycles. The highest BCUT2D eigenvalue weighted by Gasteiger charge is 2.48. The Balaban J connectivity index is 1.39. The van der Waals surface area contributed by atoms with E-state index in [0.29, 0.717) is 0 Å². The zero-order valence-corrected chi connectivity index (χ0v) is 17.9. The van der Waals surface area contributed by atoms with Crippen molar-refractivity contribution in [3.63, 3.8) is 0 Å². The van der Waals surface area contributed by atoms with Crippen LogP contribution in [0.2, 0.25) is 0 Å². The van der Waals surface area contributed by atoms with E-state index in [1.165, 1.54) is 62.6 Å². The second-order valence-electron chi connectivity index (χ2n) is 9.03. The van der Waals surface area contributed by atoms with Gasteiger partial charge in [-0.25, -0.2) is 0 Å². The van der Waals surface area contributed by atoms with Crippen molar-refractivity contribution in [3.05, 3.63) is 59.9 Å². The number of pyridine rings is 1. The highest BCUT2D eigenvalue weighted by Crippen LogP contribution is 2.50. The second kappa shape index (κ2) is 9.30. The van der Waals surface area contributed by atoms with Gasteiger partial charge in [-0.3, -0.25) is 4.98 Å². The van der Waals surface area contributed by atoms with E-state index >= 15 is 0 Å². The number of hydrogen-bond donors (Lipinski definition) is 0. The van der Waals surface area contributed by atoms with Gasteiger partial charge >= 0.3 is 0 Å². The van der Waals surface area contributed by atoms with E-state index in [1.807, 2.05) is 18.3 Å². The Morgan fingerprint density at radius 2 is 1.79 bits per heavy atom. The number of unbranched alkanes of at least 4 members (excludes halogenated alkanes) is 2. The minimum Gasteiger partial charge on any atom is -0.496 e. The molecule has 4 rings (SSSR count). The molecule has 1 atom stereocenters. The van der Waals surface area contributed by atoms with Crippen molar-refractivity contribution in [3.8, 4) is 5.75 Å². The van der Waals surface area contributed by atoms with E-state index in [2.05, 4.69) is 30.3 Å². The van der Waals surface area contributed by atoms with Gasteiger partial charge in [-0.15, -0.1) is 0 Å². The summed E-state index contributed by atoms with van der Waals surface area (Å²) in [5, 5.41) is 0. The molecule has 1 saturated carbocycles. The molecule has 156 valence electrons. The van der Waals surface area contributed by atoms with Gasteiger partial charge in [0.05, 0.1) is 12.7 Å². The molecular formula is C26H35NO2. The maximum absolute atomic E-state index is 6.37. The third kappa shape index (κ3) is 4.66. The van der Waals surface area contributed by atoms with Crippen LogP contribution in [0.1, 0.15) is 75.5 Å². The smallest absolute Gasteiger partial charge is 0.122 e. The Morgan fingerprint density at radius 3 is 2.59 bits per heavy atom. The molecule has 0 amide bonds. The number of aromatic nitrogens is 1. The van der Waals surface area contributed by atoms with Gasteiger partial charge in [-0.2, -0.15) is 0 Å². The average Bonchev–Trinajstić information content (AvgIpc) is 3.21. The zero-order chi connectivity index (χ0) is 20.0. The number of rotatable bonds is 8. The molecule has 2 aromatic rings. The number of nitrogens with zero attached hydrogens (tertiary/aromatic N) is 1. The molecule has 3 heteroatoms. The lowest BCUT2D eigenvalue weighted by Crippen LogP contribution is -2.46. The van der Waals surface area contributed by atoms with Gasteiger partial charge in [0.2, 0.25) is 0 Å². The van der Waals surface area contributed by atoms with Crippen LogP contribution in [0, 0.1) is 0 Å². The lowest BCUT2D eigenvalue weighted by molar-refractivity contribution is -0.104. The van der Waals surface area contributed by atoms with Gasteiger partial charge in [0.15, 0.2) is 0 Å². The Labute approximate surface area is 175 Å². The van der Waals surface area contributed by atoms with Crippen molar-refractivity contribution < 1.29 is 9.47 Å². The number of methoxy groups -OCH3 is 1. The Bertz CT molecular complexity index is 769. The highest BCUT2D eigenvalue weighted by atomic mass is 16.5. The molecule has 1 aliphatic carbocycles. The molecule has 1 saturated heterocycles. The molecule has 0 N–H and O–H groups in total. The molecule has 2 aliphatic rings. The fraction of sp³-hybridized carbons (Fsp3) is 0.577. The van der Waals surface area contributed by atoms with E-state index in [9.17, 15) is 0 Å². The first-order valence-corrected chi connectivity index (χ1v) is 11.4. The van der Waals surface area contributed by atoms with Crippen molar-refractivity contribution in [2.24, 2.45) is 0 Å². The molecule has 2 fully saturated rings. The molecule has 1 aromatic heterocycles. The summed E-state index contributed by atoms with van der Waals surface area (Å²) in [5.41, 5.74) is 2.92. The predicted molar refractivity (Wildman–Crippen MR) is 117 cm³/mol. The summed E-state index contributed by atoms with van der Waals surface area (Å²) in [5.74, 6) is 1.02. The van der Waals surface area contributed by atoms with E-state index in [-0.39, 0.29) is 11.0 Å². The van der Waals surface area contributed by atoms with Crippen molar-refractivity contribution >= 4 is 0 Å². The molecule has 2 heterocycles. The van der Waals surface area contributed by atoms with Crippen LogP contribution in [-0.4, -0.2) is 24.3 Å². The summed E-state index contributed by atoms with van der Waals surface area (Å²) in [4.78, 5) is 4.83. The monoisotopic (exact) mass is 393 g/mol. The first-order valence-electron chi connectivity index (χ1n) is 11.4. The van der Waals surface area contributed by atoms with Crippen LogP contribution in [-0.2, 0) is 16.6 Å². The Hall–Kier alpha value is -1.87. The number of aryl methyl sites for hydroxylation is 1. The van der Waals surface area contributed by atoms with Gasteiger partial charge in [0, 0.05) is 23.9 Å². The second-order valence-corrected chi connectivity index (χ2v) is 9.03. The van der Waals surface area contributed by atoms with E-state index in [0.717, 1.165) is 31.6 Å². The number of para-hydroxylation sites is 1. The van der Waals surface area contributed by atoms with Crippen LogP contribution in [0.4, 0.5) is 0 Å². The van der Waals surface area contributed by atoms with E-state index in [1.54, 1.807) is 7.11 Å². The Kier molecular flexibility index (Phi) is 6.54. The first-order chi connectivity index (χ1) is 14.3. The van der Waals surface area contributed by atoms with Crippen molar-refractivity contribution in [2.45, 2.75) is 81.6 Å². The fourth-order valence-corrected chi connectivity index (χ4v) is 5.66. The lowest BCUT2D eigenvalue weighted by atomic mass is 9.67. The third-order valence-corrected chi connectivity index (χ3v) is 7.17. The van der Waals surface area contributed by atoms with Crippen LogP contribution in [0.5, 0.6) is 5.75 Å². The molecule has 0 bridgehead atoms. The van der Waals surface area contributed by atoms with E-state index in [4.69, 9.17) is 14.5 Å². The molecule has 3 nitrogen and oxygen atoms in total.